The highest BCUT2D eigenvalue weighted by Crippen LogP contribution is 2.36. The Bertz CT molecular complexity index is 741. The van der Waals surface area contributed by atoms with Crippen LogP contribution in [0.1, 0.15) is 34.5 Å². The van der Waals surface area contributed by atoms with Crippen molar-refractivity contribution in [3.05, 3.63) is 52.3 Å². The number of pyridine rings is 1. The van der Waals surface area contributed by atoms with Gasteiger partial charge in [-0.05, 0) is 51.3 Å². The van der Waals surface area contributed by atoms with Crippen molar-refractivity contribution >= 4 is 11.4 Å². The first-order valence-corrected chi connectivity index (χ1v) is 7.35. The molecular weight excluding hydrogens is 258 g/mol. The van der Waals surface area contributed by atoms with E-state index in [4.69, 9.17) is 0 Å². The van der Waals surface area contributed by atoms with Crippen LogP contribution < -0.4 is 4.90 Å². The highest BCUT2D eigenvalue weighted by Gasteiger charge is 2.22. The third-order valence-corrected chi connectivity index (χ3v) is 4.06. The van der Waals surface area contributed by atoms with Crippen molar-refractivity contribution in [2.75, 3.05) is 11.4 Å². The van der Waals surface area contributed by atoms with Crippen molar-refractivity contribution in [3.63, 3.8) is 0 Å². The molecule has 3 rings (SSSR count). The number of nitrogens with zero attached hydrogens (tertiary/aromatic N) is 3. The first-order valence-electron chi connectivity index (χ1n) is 7.35. The molecule has 3 heteroatoms. The summed E-state index contributed by atoms with van der Waals surface area (Å²) in [6.45, 7) is 6.97. The quantitative estimate of drug-likeness (QED) is 0.792. The zero-order chi connectivity index (χ0) is 15.0. The Hall–Kier alpha value is -2.34. The van der Waals surface area contributed by atoms with Crippen LogP contribution in [-0.2, 0) is 6.42 Å². The summed E-state index contributed by atoms with van der Waals surface area (Å²) in [6.07, 6.45) is 2.22. The summed E-state index contributed by atoms with van der Waals surface area (Å²) in [4.78, 5) is 6.70. The van der Waals surface area contributed by atoms with Crippen LogP contribution in [0.5, 0.6) is 0 Å². The van der Waals surface area contributed by atoms with Gasteiger partial charge in [0.05, 0.1) is 16.9 Å². The third kappa shape index (κ3) is 2.38. The molecule has 0 amide bonds. The minimum Gasteiger partial charge on any atom is -0.340 e. The maximum Gasteiger partial charge on any atom is 0.103 e. The molecule has 0 spiro atoms. The highest BCUT2D eigenvalue weighted by molar-refractivity contribution is 5.73. The first kappa shape index (κ1) is 13.6. The minimum atomic E-state index is 0.689. The fourth-order valence-electron chi connectivity index (χ4n) is 3.14. The van der Waals surface area contributed by atoms with E-state index in [1.165, 1.54) is 16.8 Å². The molecule has 106 valence electrons. The molecule has 0 fully saturated rings. The molecule has 2 aromatic rings. The van der Waals surface area contributed by atoms with E-state index >= 15 is 0 Å². The Morgan fingerprint density at radius 3 is 2.71 bits per heavy atom. The van der Waals surface area contributed by atoms with E-state index in [2.05, 4.69) is 41.1 Å². The number of benzene rings is 1. The predicted molar refractivity (Wildman–Crippen MR) is 84.9 cm³/mol. The maximum absolute atomic E-state index is 9.50. The Morgan fingerprint density at radius 2 is 1.95 bits per heavy atom. The summed E-state index contributed by atoms with van der Waals surface area (Å²) in [7, 11) is 0. The third-order valence-electron chi connectivity index (χ3n) is 4.06. The van der Waals surface area contributed by atoms with Gasteiger partial charge in [-0.1, -0.05) is 17.7 Å². The van der Waals surface area contributed by atoms with Crippen molar-refractivity contribution in [3.8, 4) is 6.07 Å². The molecule has 21 heavy (non-hydrogen) atoms. The Labute approximate surface area is 125 Å². The summed E-state index contributed by atoms with van der Waals surface area (Å²) in [6, 6.07) is 10.9. The first-order chi connectivity index (χ1) is 10.1. The number of anilines is 2. The second-order valence-electron chi connectivity index (χ2n) is 5.74. The van der Waals surface area contributed by atoms with Gasteiger partial charge >= 0.3 is 0 Å². The molecule has 0 bridgehead atoms. The molecule has 0 aliphatic carbocycles. The van der Waals surface area contributed by atoms with Gasteiger partial charge in [0.2, 0.25) is 0 Å². The van der Waals surface area contributed by atoms with Crippen LogP contribution in [0.4, 0.5) is 11.4 Å². The molecule has 3 nitrogen and oxygen atoms in total. The van der Waals surface area contributed by atoms with Gasteiger partial charge in [0.1, 0.15) is 6.07 Å². The van der Waals surface area contributed by atoms with Crippen molar-refractivity contribution in [1.82, 2.24) is 4.98 Å². The fourth-order valence-corrected chi connectivity index (χ4v) is 3.14. The van der Waals surface area contributed by atoms with Crippen molar-refractivity contribution in [2.45, 2.75) is 33.6 Å². The van der Waals surface area contributed by atoms with E-state index in [0.717, 1.165) is 36.5 Å². The lowest BCUT2D eigenvalue weighted by Crippen LogP contribution is -2.25. The number of hydrogen-bond donors (Lipinski definition) is 0. The number of hydrogen-bond acceptors (Lipinski definition) is 3. The van der Waals surface area contributed by atoms with Crippen LogP contribution >= 0.6 is 0 Å². The van der Waals surface area contributed by atoms with Crippen molar-refractivity contribution in [1.29, 1.82) is 5.26 Å². The molecule has 2 heterocycles. The normalized spacial score (nSPS) is 13.7. The highest BCUT2D eigenvalue weighted by atomic mass is 15.1. The molecule has 0 N–H and O–H groups in total. The minimum absolute atomic E-state index is 0.689. The monoisotopic (exact) mass is 277 g/mol. The Kier molecular flexibility index (Phi) is 3.39. The zero-order valence-corrected chi connectivity index (χ0v) is 12.8. The van der Waals surface area contributed by atoms with Gasteiger partial charge in [-0.3, -0.25) is 4.98 Å². The second-order valence-corrected chi connectivity index (χ2v) is 5.74. The molecule has 1 aromatic carbocycles. The Balaban J connectivity index is 2.18. The summed E-state index contributed by atoms with van der Waals surface area (Å²) in [5.41, 5.74) is 7.35. The second kappa shape index (κ2) is 5.21. The van der Waals surface area contributed by atoms with Crippen LogP contribution in [-0.4, -0.2) is 11.5 Å². The van der Waals surface area contributed by atoms with Gasteiger partial charge in [-0.25, -0.2) is 0 Å². The van der Waals surface area contributed by atoms with E-state index in [-0.39, 0.29) is 0 Å². The number of rotatable bonds is 1. The maximum atomic E-state index is 9.50. The van der Waals surface area contributed by atoms with Gasteiger partial charge in [-0.2, -0.15) is 5.26 Å². The topological polar surface area (TPSA) is 39.9 Å². The molecular formula is C18H19N3. The zero-order valence-electron chi connectivity index (χ0n) is 12.8. The number of aromatic nitrogens is 1. The number of fused-ring (bicyclic) bond motifs is 1. The van der Waals surface area contributed by atoms with E-state index in [0.29, 0.717) is 5.56 Å². The molecule has 1 aromatic heterocycles. The summed E-state index contributed by atoms with van der Waals surface area (Å²) < 4.78 is 0. The molecule has 0 atom stereocenters. The van der Waals surface area contributed by atoms with Crippen LogP contribution in [0.15, 0.2) is 24.3 Å². The SMILES string of the molecule is Cc1ccc2c(c1)CCCN2c1cc(C)nc(C)c1C#N. The predicted octanol–water partition coefficient (Wildman–Crippen LogP) is 3.96. The van der Waals surface area contributed by atoms with Crippen LogP contribution in [0.25, 0.3) is 0 Å². The van der Waals surface area contributed by atoms with Gasteiger partial charge in [0.15, 0.2) is 0 Å². The van der Waals surface area contributed by atoms with Gasteiger partial charge in [-0.15, -0.1) is 0 Å². The van der Waals surface area contributed by atoms with E-state index in [1.807, 2.05) is 19.9 Å². The molecule has 0 saturated carbocycles. The average molecular weight is 277 g/mol. The largest absolute Gasteiger partial charge is 0.340 e. The number of nitriles is 1. The van der Waals surface area contributed by atoms with E-state index < -0.39 is 0 Å². The average Bonchev–Trinajstić information content (AvgIpc) is 2.45. The lowest BCUT2D eigenvalue weighted by molar-refractivity contribution is 0.764. The lowest BCUT2D eigenvalue weighted by atomic mass is 9.98. The lowest BCUT2D eigenvalue weighted by Gasteiger charge is -2.32. The van der Waals surface area contributed by atoms with Crippen LogP contribution in [0.3, 0.4) is 0 Å². The van der Waals surface area contributed by atoms with Crippen molar-refractivity contribution < 1.29 is 0 Å². The number of aryl methyl sites for hydroxylation is 4. The van der Waals surface area contributed by atoms with Crippen LogP contribution in [0.2, 0.25) is 0 Å². The van der Waals surface area contributed by atoms with Crippen molar-refractivity contribution in [2.24, 2.45) is 0 Å². The molecule has 0 unspecified atom stereocenters. The molecule has 1 aliphatic rings. The van der Waals surface area contributed by atoms with Gasteiger partial charge < -0.3 is 4.90 Å². The fraction of sp³-hybridized carbons (Fsp3) is 0.333. The van der Waals surface area contributed by atoms with Crippen LogP contribution in [0, 0.1) is 32.1 Å². The molecule has 0 radical (unpaired) electrons. The van der Waals surface area contributed by atoms with Gasteiger partial charge in [0, 0.05) is 17.9 Å². The van der Waals surface area contributed by atoms with Gasteiger partial charge in [0.25, 0.3) is 0 Å². The standard InChI is InChI=1S/C18H19N3/c1-12-6-7-17-15(9-12)5-4-8-21(17)18-10-13(2)20-14(3)16(18)11-19/h6-7,9-10H,4-5,8H2,1-3H3. The summed E-state index contributed by atoms with van der Waals surface area (Å²) in [5.74, 6) is 0. The van der Waals surface area contributed by atoms with E-state index in [9.17, 15) is 5.26 Å². The smallest absolute Gasteiger partial charge is 0.103 e. The summed E-state index contributed by atoms with van der Waals surface area (Å²) >= 11 is 0. The summed E-state index contributed by atoms with van der Waals surface area (Å²) in [5, 5.41) is 9.50. The molecule has 0 saturated heterocycles. The molecule has 1 aliphatic heterocycles. The van der Waals surface area contributed by atoms with E-state index in [1.54, 1.807) is 0 Å². The Morgan fingerprint density at radius 1 is 1.14 bits per heavy atom.